The van der Waals surface area contributed by atoms with Crippen LogP contribution in [0.4, 0.5) is 14.7 Å². The number of fused-ring (bicyclic) bond motifs is 1. The Kier molecular flexibility index (Phi) is 6.66. The third kappa shape index (κ3) is 4.70. The van der Waals surface area contributed by atoms with Gasteiger partial charge in [-0.05, 0) is 18.4 Å². The van der Waals surface area contributed by atoms with Gasteiger partial charge in [-0.2, -0.15) is 4.98 Å². The molecule has 4 rings (SSSR count). The first kappa shape index (κ1) is 19.9. The molecule has 1 aliphatic rings. The lowest BCUT2D eigenvalue weighted by molar-refractivity contribution is -0.0433. The van der Waals surface area contributed by atoms with Gasteiger partial charge in [0.05, 0.1) is 25.6 Å². The van der Waals surface area contributed by atoms with Gasteiger partial charge in [0.25, 0.3) is 5.56 Å². The molecule has 0 aliphatic carbocycles. The van der Waals surface area contributed by atoms with E-state index >= 15 is 0 Å². The smallest absolute Gasteiger partial charge is 0.280 e. The predicted molar refractivity (Wildman–Crippen MR) is 98.9 cm³/mol. The summed E-state index contributed by atoms with van der Waals surface area (Å²) < 4.78 is 32.8. The molecule has 0 spiro atoms. The van der Waals surface area contributed by atoms with E-state index < -0.39 is 6.93 Å². The van der Waals surface area contributed by atoms with E-state index in [1.165, 1.54) is 0 Å². The highest BCUT2D eigenvalue weighted by molar-refractivity contribution is 5.70. The summed E-state index contributed by atoms with van der Waals surface area (Å²) in [6.45, 7) is -0.666. The minimum absolute atomic E-state index is 0.00510. The van der Waals surface area contributed by atoms with Crippen LogP contribution in [0.25, 0.3) is 11.2 Å². The van der Waals surface area contributed by atoms with E-state index in [1.807, 2.05) is 30.3 Å². The van der Waals surface area contributed by atoms with E-state index in [1.54, 1.807) is 10.9 Å². The SMILES string of the molecule is FCF.Nc1nc2c(ncn2C2CCC(COCc3ccccc3)O2)c(=O)[nH]1. The third-order valence-corrected chi connectivity index (χ3v) is 4.26. The fourth-order valence-corrected chi connectivity index (χ4v) is 3.05. The molecule has 3 heterocycles. The number of aromatic amines is 1. The number of nitrogens with one attached hydrogen (secondary N) is 1. The van der Waals surface area contributed by atoms with Gasteiger partial charge in [-0.3, -0.25) is 14.3 Å². The van der Waals surface area contributed by atoms with Crippen LogP contribution in [-0.4, -0.2) is 39.2 Å². The van der Waals surface area contributed by atoms with Crippen molar-refractivity contribution in [2.75, 3.05) is 19.3 Å². The normalized spacial score (nSPS) is 18.8. The average molecular weight is 393 g/mol. The summed E-state index contributed by atoms with van der Waals surface area (Å²) >= 11 is 0. The summed E-state index contributed by atoms with van der Waals surface area (Å²) in [5.74, 6) is 0.0694. The fraction of sp³-hybridized carbons (Fsp3) is 0.389. The number of nitrogen functional groups attached to an aromatic ring is 1. The maximum Gasteiger partial charge on any atom is 0.280 e. The lowest BCUT2D eigenvalue weighted by Crippen LogP contribution is -2.17. The molecule has 2 atom stereocenters. The number of nitrogens with two attached hydrogens (primary N) is 1. The molecule has 2 unspecified atom stereocenters. The van der Waals surface area contributed by atoms with Crippen molar-refractivity contribution in [3.05, 3.63) is 52.6 Å². The van der Waals surface area contributed by atoms with Crippen LogP contribution < -0.4 is 11.3 Å². The third-order valence-electron chi connectivity index (χ3n) is 4.26. The van der Waals surface area contributed by atoms with Crippen molar-refractivity contribution in [3.63, 3.8) is 0 Å². The molecule has 3 N–H and O–H groups in total. The van der Waals surface area contributed by atoms with Crippen molar-refractivity contribution in [1.82, 2.24) is 19.5 Å². The van der Waals surface area contributed by atoms with Gasteiger partial charge in [-0.15, -0.1) is 0 Å². The second-order valence-electron chi connectivity index (χ2n) is 6.17. The number of anilines is 1. The number of imidazole rings is 1. The molecule has 1 aromatic carbocycles. The van der Waals surface area contributed by atoms with Gasteiger partial charge < -0.3 is 15.2 Å². The Balaban J connectivity index is 0.000000706. The molecule has 1 fully saturated rings. The zero-order chi connectivity index (χ0) is 19.9. The molecule has 3 aromatic rings. The quantitative estimate of drug-likeness (QED) is 0.689. The summed E-state index contributed by atoms with van der Waals surface area (Å²) in [4.78, 5) is 22.6. The number of nitrogens with zero attached hydrogens (tertiary/aromatic N) is 3. The number of halogens is 2. The summed E-state index contributed by atoms with van der Waals surface area (Å²) in [7, 11) is 0. The van der Waals surface area contributed by atoms with Crippen LogP contribution in [0.5, 0.6) is 0 Å². The second-order valence-corrected chi connectivity index (χ2v) is 6.17. The Hall–Kier alpha value is -2.85. The molecule has 28 heavy (non-hydrogen) atoms. The highest BCUT2D eigenvalue weighted by Crippen LogP contribution is 2.30. The average Bonchev–Trinajstić information content (AvgIpc) is 3.30. The van der Waals surface area contributed by atoms with Crippen LogP contribution in [0.1, 0.15) is 24.6 Å². The number of H-pyrrole nitrogens is 1. The minimum Gasteiger partial charge on any atom is -0.374 e. The molecular formula is C18H21F2N5O3. The summed E-state index contributed by atoms with van der Waals surface area (Å²) in [5.41, 5.74) is 7.13. The topological polar surface area (TPSA) is 108 Å². The van der Waals surface area contributed by atoms with Crippen molar-refractivity contribution in [3.8, 4) is 0 Å². The zero-order valence-corrected chi connectivity index (χ0v) is 15.1. The van der Waals surface area contributed by atoms with E-state index in [9.17, 15) is 13.6 Å². The maximum absolute atomic E-state index is 11.9. The number of rotatable bonds is 5. The molecule has 0 bridgehead atoms. The van der Waals surface area contributed by atoms with Gasteiger partial charge in [0.15, 0.2) is 11.2 Å². The monoisotopic (exact) mass is 393 g/mol. The predicted octanol–water partition coefficient (Wildman–Crippen LogP) is 2.48. The Bertz CT molecular complexity index is 947. The van der Waals surface area contributed by atoms with Crippen molar-refractivity contribution in [2.45, 2.75) is 31.8 Å². The lowest BCUT2D eigenvalue weighted by atomic mass is 10.2. The van der Waals surface area contributed by atoms with E-state index in [0.717, 1.165) is 18.4 Å². The van der Waals surface area contributed by atoms with E-state index in [-0.39, 0.29) is 29.4 Å². The van der Waals surface area contributed by atoms with Crippen LogP contribution >= 0.6 is 0 Å². The second kappa shape index (κ2) is 9.38. The number of hydrogen-bond acceptors (Lipinski definition) is 6. The number of hydrogen-bond donors (Lipinski definition) is 2. The highest BCUT2D eigenvalue weighted by atomic mass is 19.3. The minimum atomic E-state index is -1.75. The molecule has 1 aliphatic heterocycles. The van der Waals surface area contributed by atoms with Crippen LogP contribution in [0.2, 0.25) is 0 Å². The van der Waals surface area contributed by atoms with Crippen molar-refractivity contribution >= 4 is 17.1 Å². The molecular weight excluding hydrogens is 372 g/mol. The Labute approximate surface area is 159 Å². The highest BCUT2D eigenvalue weighted by Gasteiger charge is 2.28. The van der Waals surface area contributed by atoms with Gasteiger partial charge >= 0.3 is 0 Å². The van der Waals surface area contributed by atoms with E-state index in [4.69, 9.17) is 15.2 Å². The molecule has 2 aromatic heterocycles. The summed E-state index contributed by atoms with van der Waals surface area (Å²) in [6, 6.07) is 10.0. The standard InChI is InChI=1S/C17H19N5O3.CH2F2/c18-17-20-15-14(16(23)21-17)19-10-22(15)13-7-6-12(25-13)9-24-8-11-4-2-1-3-5-11;2-1-3/h1-5,10,12-13H,6-9H2,(H3,18,20,21,23);1H2. The van der Waals surface area contributed by atoms with Gasteiger partial charge in [0, 0.05) is 0 Å². The Morgan fingerprint density at radius 3 is 2.79 bits per heavy atom. The fourth-order valence-electron chi connectivity index (χ4n) is 3.05. The van der Waals surface area contributed by atoms with Crippen LogP contribution in [-0.2, 0) is 16.1 Å². The molecule has 10 heteroatoms. The molecule has 1 saturated heterocycles. The molecule has 0 saturated carbocycles. The van der Waals surface area contributed by atoms with Crippen molar-refractivity contribution in [2.24, 2.45) is 0 Å². The van der Waals surface area contributed by atoms with E-state index in [2.05, 4.69) is 15.0 Å². The van der Waals surface area contributed by atoms with Crippen LogP contribution in [0.15, 0.2) is 41.5 Å². The first-order chi connectivity index (χ1) is 13.6. The van der Waals surface area contributed by atoms with Gasteiger partial charge in [0.2, 0.25) is 12.9 Å². The zero-order valence-electron chi connectivity index (χ0n) is 15.1. The van der Waals surface area contributed by atoms with E-state index in [0.29, 0.717) is 18.9 Å². The molecule has 0 radical (unpaired) electrons. The summed E-state index contributed by atoms with van der Waals surface area (Å²) in [6.07, 6.45) is 3.04. The van der Waals surface area contributed by atoms with Crippen molar-refractivity contribution in [1.29, 1.82) is 0 Å². The van der Waals surface area contributed by atoms with Gasteiger partial charge in [-0.25, -0.2) is 13.8 Å². The van der Waals surface area contributed by atoms with Gasteiger partial charge in [0.1, 0.15) is 6.23 Å². The summed E-state index contributed by atoms with van der Waals surface area (Å²) in [5, 5.41) is 0. The molecule has 8 nitrogen and oxygen atoms in total. The van der Waals surface area contributed by atoms with Crippen LogP contribution in [0.3, 0.4) is 0 Å². The number of ether oxygens (including phenoxy) is 2. The van der Waals surface area contributed by atoms with Crippen molar-refractivity contribution < 1.29 is 18.3 Å². The number of aromatic nitrogens is 4. The molecule has 0 amide bonds. The number of alkyl halides is 2. The van der Waals surface area contributed by atoms with Crippen LogP contribution in [0, 0.1) is 0 Å². The maximum atomic E-state index is 11.9. The first-order valence-electron chi connectivity index (χ1n) is 8.73. The lowest BCUT2D eigenvalue weighted by Gasteiger charge is -2.15. The first-order valence-corrected chi connectivity index (χ1v) is 8.73. The number of benzene rings is 1. The van der Waals surface area contributed by atoms with Gasteiger partial charge in [-0.1, -0.05) is 30.3 Å². The Morgan fingerprint density at radius 2 is 2.04 bits per heavy atom. The largest absolute Gasteiger partial charge is 0.374 e. The Morgan fingerprint density at radius 1 is 1.29 bits per heavy atom. The molecule has 150 valence electrons.